The third kappa shape index (κ3) is 2.27. The quantitative estimate of drug-likeness (QED) is 0.716. The summed E-state index contributed by atoms with van der Waals surface area (Å²) in [4.78, 5) is 8.38. The Hall–Kier alpha value is -2.63. The van der Waals surface area contributed by atoms with Gasteiger partial charge in [-0.15, -0.1) is 10.2 Å². The van der Waals surface area contributed by atoms with Crippen molar-refractivity contribution in [1.29, 1.82) is 0 Å². The molecule has 0 aliphatic rings. The molecule has 2 aromatic heterocycles. The van der Waals surface area contributed by atoms with Crippen LogP contribution in [-0.2, 0) is 0 Å². The van der Waals surface area contributed by atoms with Crippen molar-refractivity contribution in [2.45, 2.75) is 13.8 Å². The maximum absolute atomic E-state index is 12.9. The molecule has 20 heavy (non-hydrogen) atoms. The molecule has 0 N–H and O–H groups in total. The number of rotatable bonds is 2. The molecule has 0 radical (unpaired) electrons. The monoisotopic (exact) mass is 270 g/mol. The number of aryl methyl sites for hydroxylation is 2. The van der Waals surface area contributed by atoms with Gasteiger partial charge in [-0.05, 0) is 38.1 Å². The number of hydrogen-bond donors (Lipinski definition) is 0. The van der Waals surface area contributed by atoms with E-state index >= 15 is 0 Å². The van der Waals surface area contributed by atoms with Crippen LogP contribution in [0.2, 0.25) is 0 Å². The molecule has 0 saturated carbocycles. The maximum Gasteiger partial charge on any atom is 0.251 e. The summed E-state index contributed by atoms with van der Waals surface area (Å²) in [6, 6.07) is 5.87. The van der Waals surface area contributed by atoms with Gasteiger partial charge in [-0.2, -0.15) is 0 Å². The van der Waals surface area contributed by atoms with Gasteiger partial charge >= 0.3 is 0 Å². The molecule has 0 unspecified atom stereocenters. The lowest BCUT2D eigenvalue weighted by Crippen LogP contribution is -1.93. The van der Waals surface area contributed by atoms with Crippen molar-refractivity contribution in [2.75, 3.05) is 0 Å². The number of nitrogens with zero attached hydrogens (tertiary/aromatic N) is 4. The molecular formula is C14H11FN4O. The summed E-state index contributed by atoms with van der Waals surface area (Å²) < 4.78 is 18.5. The average Bonchev–Trinajstić information content (AvgIpc) is 2.89. The van der Waals surface area contributed by atoms with Crippen LogP contribution in [0.1, 0.15) is 11.5 Å². The lowest BCUT2D eigenvalue weighted by Gasteiger charge is -2.00. The van der Waals surface area contributed by atoms with Crippen LogP contribution in [0.25, 0.3) is 22.9 Å². The smallest absolute Gasteiger partial charge is 0.251 e. The van der Waals surface area contributed by atoms with Gasteiger partial charge in [0.1, 0.15) is 11.6 Å². The zero-order valence-corrected chi connectivity index (χ0v) is 11.0. The molecule has 0 bridgehead atoms. The predicted molar refractivity (Wildman–Crippen MR) is 70.2 cm³/mol. The Kier molecular flexibility index (Phi) is 2.98. The van der Waals surface area contributed by atoms with Gasteiger partial charge in [0.25, 0.3) is 5.89 Å². The van der Waals surface area contributed by atoms with Crippen LogP contribution in [0.5, 0.6) is 0 Å². The third-order valence-electron chi connectivity index (χ3n) is 2.85. The minimum Gasteiger partial charge on any atom is -0.416 e. The highest BCUT2D eigenvalue weighted by Gasteiger charge is 2.13. The lowest BCUT2D eigenvalue weighted by molar-refractivity contribution is 0.582. The summed E-state index contributed by atoms with van der Waals surface area (Å²) in [5, 5.41) is 7.95. The van der Waals surface area contributed by atoms with Gasteiger partial charge in [-0.1, -0.05) is 0 Å². The minimum absolute atomic E-state index is 0.309. The Morgan fingerprint density at radius 1 is 1.00 bits per heavy atom. The van der Waals surface area contributed by atoms with Crippen LogP contribution in [0, 0.1) is 19.7 Å². The van der Waals surface area contributed by atoms with Crippen molar-refractivity contribution in [3.05, 3.63) is 47.8 Å². The van der Waals surface area contributed by atoms with Crippen LogP contribution in [-0.4, -0.2) is 20.2 Å². The van der Waals surface area contributed by atoms with Crippen molar-refractivity contribution in [3.8, 4) is 22.9 Å². The Labute approximate surface area is 114 Å². The average molecular weight is 270 g/mol. The van der Waals surface area contributed by atoms with E-state index in [1.54, 1.807) is 18.3 Å². The first-order chi connectivity index (χ1) is 9.63. The van der Waals surface area contributed by atoms with Crippen LogP contribution in [0.15, 0.2) is 34.9 Å². The van der Waals surface area contributed by atoms with Gasteiger partial charge in [-0.3, -0.25) is 0 Å². The van der Waals surface area contributed by atoms with E-state index in [2.05, 4.69) is 20.2 Å². The van der Waals surface area contributed by atoms with Gasteiger partial charge in [0.15, 0.2) is 0 Å². The van der Waals surface area contributed by atoms with Crippen LogP contribution in [0.3, 0.4) is 0 Å². The van der Waals surface area contributed by atoms with E-state index in [0.717, 1.165) is 5.69 Å². The molecular weight excluding hydrogens is 259 g/mol. The van der Waals surface area contributed by atoms with Gasteiger partial charge in [0.2, 0.25) is 5.89 Å². The first-order valence-corrected chi connectivity index (χ1v) is 6.03. The zero-order valence-electron chi connectivity index (χ0n) is 11.0. The first kappa shape index (κ1) is 12.4. The standard InChI is InChI=1S/C14H11FN4O/c1-8-12(7-16-9(2)17-8)14-19-18-13(20-14)10-3-5-11(15)6-4-10/h3-7H,1-2H3. The number of benzene rings is 1. The third-order valence-corrected chi connectivity index (χ3v) is 2.85. The second-order valence-electron chi connectivity index (χ2n) is 4.34. The summed E-state index contributed by atoms with van der Waals surface area (Å²) in [7, 11) is 0. The van der Waals surface area contributed by atoms with E-state index in [9.17, 15) is 4.39 Å². The SMILES string of the molecule is Cc1ncc(-c2nnc(-c3ccc(F)cc3)o2)c(C)n1. The van der Waals surface area contributed by atoms with E-state index in [-0.39, 0.29) is 5.82 Å². The number of halogens is 1. The summed E-state index contributed by atoms with van der Waals surface area (Å²) in [6.07, 6.45) is 1.65. The second kappa shape index (κ2) is 4.80. The van der Waals surface area contributed by atoms with Gasteiger partial charge in [0, 0.05) is 11.8 Å². The second-order valence-corrected chi connectivity index (χ2v) is 4.34. The molecule has 0 fully saturated rings. The lowest BCUT2D eigenvalue weighted by atomic mass is 10.2. The molecule has 5 nitrogen and oxygen atoms in total. The Bertz CT molecular complexity index is 752. The van der Waals surface area contributed by atoms with Crippen LogP contribution < -0.4 is 0 Å². The van der Waals surface area contributed by atoms with E-state index in [0.29, 0.717) is 28.7 Å². The van der Waals surface area contributed by atoms with E-state index in [1.165, 1.54) is 12.1 Å². The highest BCUT2D eigenvalue weighted by molar-refractivity contribution is 5.58. The molecule has 2 heterocycles. The largest absolute Gasteiger partial charge is 0.416 e. The van der Waals surface area contributed by atoms with E-state index in [1.807, 2.05) is 13.8 Å². The highest BCUT2D eigenvalue weighted by Crippen LogP contribution is 2.24. The van der Waals surface area contributed by atoms with Gasteiger partial charge < -0.3 is 4.42 Å². The van der Waals surface area contributed by atoms with Crippen LogP contribution >= 0.6 is 0 Å². The van der Waals surface area contributed by atoms with Gasteiger partial charge in [-0.25, -0.2) is 14.4 Å². The first-order valence-electron chi connectivity index (χ1n) is 6.03. The molecule has 6 heteroatoms. The topological polar surface area (TPSA) is 64.7 Å². The zero-order chi connectivity index (χ0) is 14.1. The number of hydrogen-bond acceptors (Lipinski definition) is 5. The van der Waals surface area contributed by atoms with Crippen molar-refractivity contribution in [3.63, 3.8) is 0 Å². The molecule has 0 saturated heterocycles. The van der Waals surface area contributed by atoms with Crippen molar-refractivity contribution < 1.29 is 8.81 Å². The molecule has 1 aromatic carbocycles. The molecule has 0 aliphatic heterocycles. The summed E-state index contributed by atoms with van der Waals surface area (Å²) in [6.45, 7) is 3.67. The Morgan fingerprint density at radius 2 is 1.70 bits per heavy atom. The fourth-order valence-corrected chi connectivity index (χ4v) is 1.83. The normalized spacial score (nSPS) is 10.8. The molecule has 0 aliphatic carbocycles. The molecule has 0 amide bonds. The Morgan fingerprint density at radius 3 is 2.40 bits per heavy atom. The maximum atomic E-state index is 12.9. The van der Waals surface area contributed by atoms with E-state index < -0.39 is 0 Å². The molecule has 3 rings (SSSR count). The highest BCUT2D eigenvalue weighted by atomic mass is 19.1. The Balaban J connectivity index is 1.99. The molecule has 0 spiro atoms. The van der Waals surface area contributed by atoms with Crippen LogP contribution in [0.4, 0.5) is 4.39 Å². The van der Waals surface area contributed by atoms with Crippen molar-refractivity contribution >= 4 is 0 Å². The summed E-state index contributed by atoms with van der Waals surface area (Å²) in [5.41, 5.74) is 2.12. The van der Waals surface area contributed by atoms with E-state index in [4.69, 9.17) is 4.42 Å². The summed E-state index contributed by atoms with van der Waals surface area (Å²) >= 11 is 0. The fourth-order valence-electron chi connectivity index (χ4n) is 1.83. The fraction of sp³-hybridized carbons (Fsp3) is 0.143. The summed E-state index contributed by atoms with van der Waals surface area (Å²) in [5.74, 6) is 1.06. The van der Waals surface area contributed by atoms with Crippen molar-refractivity contribution in [2.24, 2.45) is 0 Å². The molecule has 100 valence electrons. The minimum atomic E-state index is -0.309. The molecule has 3 aromatic rings. The number of aromatic nitrogens is 4. The molecule has 0 atom stereocenters. The predicted octanol–water partition coefficient (Wildman–Crippen LogP) is 2.95. The van der Waals surface area contributed by atoms with Crippen molar-refractivity contribution in [1.82, 2.24) is 20.2 Å². The van der Waals surface area contributed by atoms with Gasteiger partial charge in [0.05, 0.1) is 11.3 Å².